The van der Waals surface area contributed by atoms with Crippen molar-refractivity contribution in [2.24, 2.45) is 0 Å². The van der Waals surface area contributed by atoms with Gasteiger partial charge in [-0.25, -0.2) is 4.98 Å². The summed E-state index contributed by atoms with van der Waals surface area (Å²) < 4.78 is 5.58. The first kappa shape index (κ1) is 19.7. The van der Waals surface area contributed by atoms with Crippen molar-refractivity contribution in [3.8, 4) is 5.88 Å². The summed E-state index contributed by atoms with van der Waals surface area (Å²) >= 11 is 0. The van der Waals surface area contributed by atoms with Gasteiger partial charge in [0.25, 0.3) is 5.91 Å². The molecule has 1 aromatic carbocycles. The summed E-state index contributed by atoms with van der Waals surface area (Å²) in [5.41, 5.74) is 2.12. The van der Waals surface area contributed by atoms with E-state index in [1.807, 2.05) is 44.0 Å². The fraction of sp³-hybridized carbons (Fsp3) is 0.522. The largest absolute Gasteiger partial charge is 0.478 e. The first-order chi connectivity index (χ1) is 14.0. The van der Waals surface area contributed by atoms with Crippen LogP contribution in [0.3, 0.4) is 0 Å². The number of rotatable bonds is 6. The first-order valence-electron chi connectivity index (χ1n) is 10.7. The van der Waals surface area contributed by atoms with Crippen molar-refractivity contribution >= 4 is 11.7 Å². The van der Waals surface area contributed by atoms with Gasteiger partial charge >= 0.3 is 0 Å². The van der Waals surface area contributed by atoms with Crippen LogP contribution in [0, 0.1) is 6.92 Å². The number of aromatic nitrogens is 2. The van der Waals surface area contributed by atoms with E-state index in [2.05, 4.69) is 27.0 Å². The van der Waals surface area contributed by atoms with Crippen molar-refractivity contribution in [2.45, 2.75) is 51.5 Å². The van der Waals surface area contributed by atoms with Crippen LogP contribution in [-0.4, -0.2) is 53.6 Å². The minimum absolute atomic E-state index is 0.138. The average Bonchev–Trinajstić information content (AvgIpc) is 3.58. The quantitative estimate of drug-likeness (QED) is 0.746. The minimum Gasteiger partial charge on any atom is -0.478 e. The number of piperidine rings is 1. The van der Waals surface area contributed by atoms with E-state index in [-0.39, 0.29) is 11.9 Å². The summed E-state index contributed by atoms with van der Waals surface area (Å²) in [4.78, 5) is 26.2. The lowest BCUT2D eigenvalue weighted by molar-refractivity contribution is 0.0707. The molecule has 1 unspecified atom stereocenters. The minimum atomic E-state index is 0.138. The summed E-state index contributed by atoms with van der Waals surface area (Å²) in [6.45, 7) is 5.91. The van der Waals surface area contributed by atoms with Crippen molar-refractivity contribution in [2.75, 3.05) is 31.6 Å². The molecule has 154 valence electrons. The maximum absolute atomic E-state index is 13.2. The molecule has 2 heterocycles. The molecule has 0 spiro atoms. The van der Waals surface area contributed by atoms with Crippen LogP contribution in [0.25, 0.3) is 0 Å². The smallest absolute Gasteiger partial charge is 0.253 e. The van der Waals surface area contributed by atoms with Crippen LogP contribution in [0.4, 0.5) is 5.82 Å². The molecule has 2 fully saturated rings. The second-order valence-corrected chi connectivity index (χ2v) is 8.10. The van der Waals surface area contributed by atoms with E-state index >= 15 is 0 Å². The Bertz CT molecular complexity index is 881. The van der Waals surface area contributed by atoms with Gasteiger partial charge in [-0.1, -0.05) is 12.1 Å². The number of hydrogen-bond acceptors (Lipinski definition) is 5. The Morgan fingerprint density at radius 2 is 2.07 bits per heavy atom. The zero-order chi connectivity index (χ0) is 20.4. The van der Waals surface area contributed by atoms with Gasteiger partial charge in [-0.05, 0) is 63.1 Å². The van der Waals surface area contributed by atoms with Crippen LogP contribution in [0.15, 0.2) is 30.3 Å². The standard InChI is InChI=1S/C23H30N4O2/c1-4-29-22-14-21(24-16(2)25-22)26(3)20-9-6-12-27(15-20)23(28)19-8-5-7-18(13-19)17-10-11-17/h5,7-8,13-14,17,20H,4,6,9-12,15H2,1-3H3. The number of likely N-dealkylation sites (N-methyl/N-ethyl adjacent to an activating group) is 1. The van der Waals surface area contributed by atoms with Crippen LogP contribution in [0.2, 0.25) is 0 Å². The maximum Gasteiger partial charge on any atom is 0.253 e. The third-order valence-corrected chi connectivity index (χ3v) is 5.87. The van der Waals surface area contributed by atoms with Crippen LogP contribution in [0.1, 0.15) is 60.3 Å². The number of ether oxygens (including phenoxy) is 1. The van der Waals surface area contributed by atoms with Gasteiger partial charge in [0.05, 0.1) is 6.61 Å². The average molecular weight is 395 g/mol. The lowest BCUT2D eigenvalue weighted by Crippen LogP contribution is -2.49. The molecule has 4 rings (SSSR count). The number of benzene rings is 1. The summed E-state index contributed by atoms with van der Waals surface area (Å²) in [7, 11) is 2.05. The van der Waals surface area contributed by atoms with Gasteiger partial charge in [0, 0.05) is 37.8 Å². The number of hydrogen-bond donors (Lipinski definition) is 0. The SMILES string of the molecule is CCOc1cc(N(C)C2CCCN(C(=O)c3cccc(C4CC4)c3)C2)nc(C)n1. The predicted molar refractivity (Wildman–Crippen MR) is 114 cm³/mol. The molecule has 6 nitrogen and oxygen atoms in total. The maximum atomic E-state index is 13.2. The molecule has 1 saturated heterocycles. The highest BCUT2D eigenvalue weighted by Crippen LogP contribution is 2.40. The van der Waals surface area contributed by atoms with Gasteiger partial charge in [-0.15, -0.1) is 0 Å². The van der Waals surface area contributed by atoms with E-state index in [4.69, 9.17) is 4.74 Å². The summed E-state index contributed by atoms with van der Waals surface area (Å²) in [6.07, 6.45) is 4.52. The number of amides is 1. The lowest BCUT2D eigenvalue weighted by Gasteiger charge is -2.38. The van der Waals surface area contributed by atoms with Gasteiger partial charge in [0.15, 0.2) is 0 Å². The van der Waals surface area contributed by atoms with Crippen LogP contribution in [0.5, 0.6) is 5.88 Å². The molecular formula is C23H30N4O2. The number of anilines is 1. The summed E-state index contributed by atoms with van der Waals surface area (Å²) in [5.74, 6) is 2.93. The monoisotopic (exact) mass is 394 g/mol. The molecular weight excluding hydrogens is 364 g/mol. The molecule has 1 aliphatic heterocycles. The molecule has 1 aromatic heterocycles. The lowest BCUT2D eigenvalue weighted by atomic mass is 10.0. The number of likely N-dealkylation sites (tertiary alicyclic amines) is 1. The van der Waals surface area contributed by atoms with Crippen LogP contribution < -0.4 is 9.64 Å². The number of carbonyl (C=O) groups excluding carboxylic acids is 1. The zero-order valence-corrected chi connectivity index (χ0v) is 17.6. The van der Waals surface area contributed by atoms with Crippen LogP contribution >= 0.6 is 0 Å². The second-order valence-electron chi connectivity index (χ2n) is 8.10. The van der Waals surface area contributed by atoms with Gasteiger partial charge in [0.1, 0.15) is 11.6 Å². The molecule has 1 aliphatic carbocycles. The predicted octanol–water partition coefficient (Wildman–Crippen LogP) is 3.80. The molecule has 0 radical (unpaired) electrons. The molecule has 29 heavy (non-hydrogen) atoms. The molecule has 1 saturated carbocycles. The van der Waals surface area contributed by atoms with E-state index in [9.17, 15) is 4.79 Å². The highest BCUT2D eigenvalue weighted by Gasteiger charge is 2.29. The van der Waals surface area contributed by atoms with Gasteiger partial charge in [0.2, 0.25) is 5.88 Å². The normalized spacial score (nSPS) is 19.1. The highest BCUT2D eigenvalue weighted by atomic mass is 16.5. The fourth-order valence-electron chi connectivity index (χ4n) is 4.10. The van der Waals surface area contributed by atoms with E-state index in [0.717, 1.165) is 30.8 Å². The van der Waals surface area contributed by atoms with Crippen molar-refractivity contribution in [1.29, 1.82) is 0 Å². The fourth-order valence-corrected chi connectivity index (χ4v) is 4.10. The zero-order valence-electron chi connectivity index (χ0n) is 17.6. The van der Waals surface area contributed by atoms with Crippen LogP contribution in [-0.2, 0) is 0 Å². The van der Waals surface area contributed by atoms with E-state index in [1.54, 1.807) is 0 Å². The Morgan fingerprint density at radius 3 is 2.83 bits per heavy atom. The van der Waals surface area contributed by atoms with Gasteiger partial charge in [-0.2, -0.15) is 4.98 Å². The number of carbonyl (C=O) groups is 1. The van der Waals surface area contributed by atoms with E-state index in [1.165, 1.54) is 18.4 Å². The summed E-state index contributed by atoms with van der Waals surface area (Å²) in [6, 6.07) is 10.3. The third-order valence-electron chi connectivity index (χ3n) is 5.87. The molecule has 0 bridgehead atoms. The highest BCUT2D eigenvalue weighted by molar-refractivity contribution is 5.94. The Labute approximate surface area is 172 Å². The topological polar surface area (TPSA) is 58.6 Å². The first-order valence-corrected chi connectivity index (χ1v) is 10.7. The van der Waals surface area contributed by atoms with Gasteiger partial charge < -0.3 is 14.5 Å². The molecule has 2 aliphatic rings. The Kier molecular flexibility index (Phi) is 5.69. The second kappa shape index (κ2) is 8.39. The molecule has 0 N–H and O–H groups in total. The van der Waals surface area contributed by atoms with E-state index < -0.39 is 0 Å². The van der Waals surface area contributed by atoms with Crippen molar-refractivity contribution in [3.05, 3.63) is 47.3 Å². The Hall–Kier alpha value is -2.63. The molecule has 1 amide bonds. The van der Waals surface area contributed by atoms with Gasteiger partial charge in [-0.3, -0.25) is 4.79 Å². The Morgan fingerprint density at radius 1 is 1.24 bits per heavy atom. The third kappa shape index (κ3) is 4.52. The number of aryl methyl sites for hydroxylation is 1. The van der Waals surface area contributed by atoms with Crippen molar-refractivity contribution in [1.82, 2.24) is 14.9 Å². The Balaban J connectivity index is 1.48. The number of nitrogens with zero attached hydrogens (tertiary/aromatic N) is 4. The molecule has 1 atom stereocenters. The van der Waals surface area contributed by atoms with Crippen molar-refractivity contribution in [3.63, 3.8) is 0 Å². The summed E-state index contributed by atoms with van der Waals surface area (Å²) in [5, 5.41) is 0. The molecule has 6 heteroatoms. The molecule has 2 aromatic rings. The van der Waals surface area contributed by atoms with E-state index in [0.29, 0.717) is 30.8 Å². The van der Waals surface area contributed by atoms with Crippen molar-refractivity contribution < 1.29 is 9.53 Å².